The summed E-state index contributed by atoms with van der Waals surface area (Å²) in [5, 5.41) is 7.37. The maximum absolute atomic E-state index is 5.37. The van der Waals surface area contributed by atoms with Crippen LogP contribution in [0.4, 0.5) is 11.6 Å². The number of methoxy groups -OCH3 is 1. The van der Waals surface area contributed by atoms with E-state index in [1.54, 1.807) is 7.11 Å². The Morgan fingerprint density at radius 3 is 2.68 bits per heavy atom. The fourth-order valence-corrected chi connectivity index (χ4v) is 1.69. The topological polar surface area (TPSA) is 103 Å². The number of nitrogen functional groups attached to an aromatic ring is 1. The molecule has 0 atom stereocenters. The molecule has 0 amide bonds. The van der Waals surface area contributed by atoms with E-state index in [0.717, 1.165) is 11.3 Å². The molecule has 0 radical (unpaired) electrons. The fourth-order valence-electron chi connectivity index (χ4n) is 1.69. The van der Waals surface area contributed by atoms with Crippen LogP contribution in [0.3, 0.4) is 0 Å². The van der Waals surface area contributed by atoms with Crippen molar-refractivity contribution in [3.8, 4) is 5.75 Å². The zero-order valence-electron chi connectivity index (χ0n) is 11.1. The third kappa shape index (κ3) is 2.58. The van der Waals surface area contributed by atoms with Gasteiger partial charge in [-0.2, -0.15) is 5.10 Å². The van der Waals surface area contributed by atoms with Gasteiger partial charge in [0.05, 0.1) is 13.3 Å². The highest BCUT2D eigenvalue weighted by Crippen LogP contribution is 2.28. The summed E-state index contributed by atoms with van der Waals surface area (Å²) >= 11 is 0. The zero-order chi connectivity index (χ0) is 13.8. The number of aryl methyl sites for hydroxylation is 1. The first-order valence-electron chi connectivity index (χ1n) is 5.74. The van der Waals surface area contributed by atoms with E-state index in [1.165, 1.54) is 6.33 Å². The number of hydrazine groups is 1. The van der Waals surface area contributed by atoms with E-state index in [0.29, 0.717) is 23.9 Å². The van der Waals surface area contributed by atoms with Crippen molar-refractivity contribution in [3.05, 3.63) is 23.8 Å². The average Bonchev–Trinajstić information content (AvgIpc) is 2.76. The Balaban J connectivity index is 2.17. The summed E-state index contributed by atoms with van der Waals surface area (Å²) in [7, 11) is 3.45. The second kappa shape index (κ2) is 5.53. The molecule has 4 N–H and O–H groups in total. The van der Waals surface area contributed by atoms with Crippen molar-refractivity contribution in [1.29, 1.82) is 0 Å². The highest BCUT2D eigenvalue weighted by Gasteiger charge is 2.12. The number of aromatic nitrogens is 4. The molecular weight excluding hydrogens is 246 g/mol. The predicted octanol–water partition coefficient (Wildman–Crippen LogP) is 0.425. The van der Waals surface area contributed by atoms with Gasteiger partial charge in [-0.05, 0) is 6.92 Å². The Hall–Kier alpha value is -2.35. The summed E-state index contributed by atoms with van der Waals surface area (Å²) in [6.45, 7) is 2.60. The average molecular weight is 263 g/mol. The maximum Gasteiger partial charge on any atom is 0.205 e. The van der Waals surface area contributed by atoms with Crippen molar-refractivity contribution in [3.63, 3.8) is 0 Å². The molecule has 2 heterocycles. The largest absolute Gasteiger partial charge is 0.490 e. The van der Waals surface area contributed by atoms with Gasteiger partial charge in [0.2, 0.25) is 5.75 Å². The van der Waals surface area contributed by atoms with Gasteiger partial charge in [-0.25, -0.2) is 15.8 Å². The van der Waals surface area contributed by atoms with Crippen LogP contribution in [0, 0.1) is 6.92 Å². The van der Waals surface area contributed by atoms with E-state index >= 15 is 0 Å². The number of anilines is 2. The highest BCUT2D eigenvalue weighted by atomic mass is 16.5. The number of hydrogen-bond donors (Lipinski definition) is 3. The number of ether oxygens (including phenoxy) is 1. The number of rotatable bonds is 5. The van der Waals surface area contributed by atoms with Gasteiger partial charge in [-0.1, -0.05) is 0 Å². The highest BCUT2D eigenvalue weighted by molar-refractivity contribution is 5.63. The molecule has 2 aromatic heterocycles. The summed E-state index contributed by atoms with van der Waals surface area (Å²) in [6.07, 6.45) is 3.23. The molecule has 0 aromatic carbocycles. The smallest absolute Gasteiger partial charge is 0.205 e. The minimum atomic E-state index is 0.433. The van der Waals surface area contributed by atoms with Crippen LogP contribution >= 0.6 is 0 Å². The SMILES string of the molecule is COc1c(NN)ncnc1NCc1cnn(C)c1C. The van der Waals surface area contributed by atoms with Crippen LogP contribution in [0.2, 0.25) is 0 Å². The lowest BCUT2D eigenvalue weighted by Crippen LogP contribution is -2.12. The van der Waals surface area contributed by atoms with E-state index in [9.17, 15) is 0 Å². The Bertz CT molecular complexity index is 566. The third-order valence-corrected chi connectivity index (χ3v) is 2.93. The summed E-state index contributed by atoms with van der Waals surface area (Å²) in [4.78, 5) is 8.12. The van der Waals surface area contributed by atoms with Gasteiger partial charge in [-0.15, -0.1) is 0 Å². The Morgan fingerprint density at radius 2 is 2.11 bits per heavy atom. The van der Waals surface area contributed by atoms with Gasteiger partial charge in [0.1, 0.15) is 6.33 Å². The van der Waals surface area contributed by atoms with Gasteiger partial charge >= 0.3 is 0 Å². The summed E-state index contributed by atoms with van der Waals surface area (Å²) in [5.74, 6) is 6.86. The van der Waals surface area contributed by atoms with E-state index in [-0.39, 0.29) is 0 Å². The molecular formula is C11H17N7O. The molecule has 0 spiro atoms. The van der Waals surface area contributed by atoms with Crippen molar-refractivity contribution < 1.29 is 4.74 Å². The lowest BCUT2D eigenvalue weighted by atomic mass is 10.2. The van der Waals surface area contributed by atoms with Crippen molar-refractivity contribution in [1.82, 2.24) is 19.7 Å². The van der Waals surface area contributed by atoms with Crippen LogP contribution < -0.4 is 21.3 Å². The second-order valence-electron chi connectivity index (χ2n) is 3.98. The van der Waals surface area contributed by atoms with Gasteiger partial charge in [0, 0.05) is 24.8 Å². The first-order chi connectivity index (χ1) is 9.17. The molecule has 8 nitrogen and oxygen atoms in total. The molecule has 8 heteroatoms. The van der Waals surface area contributed by atoms with Gasteiger partial charge in [-0.3, -0.25) is 4.68 Å². The summed E-state index contributed by atoms with van der Waals surface area (Å²) in [6, 6.07) is 0. The zero-order valence-corrected chi connectivity index (χ0v) is 11.1. The quantitative estimate of drug-likeness (QED) is 0.530. The minimum Gasteiger partial charge on any atom is -0.490 e. The molecule has 2 aromatic rings. The van der Waals surface area contributed by atoms with Crippen LogP contribution in [0.25, 0.3) is 0 Å². The second-order valence-corrected chi connectivity index (χ2v) is 3.98. The molecule has 0 fully saturated rings. The Kier molecular flexibility index (Phi) is 3.81. The fraction of sp³-hybridized carbons (Fsp3) is 0.364. The molecule has 0 aliphatic heterocycles. The molecule has 0 unspecified atom stereocenters. The first-order valence-corrected chi connectivity index (χ1v) is 5.74. The first kappa shape index (κ1) is 13.1. The van der Waals surface area contributed by atoms with Crippen molar-refractivity contribution in [2.75, 3.05) is 17.9 Å². The molecule has 0 aliphatic carbocycles. The van der Waals surface area contributed by atoms with E-state index in [2.05, 4.69) is 25.8 Å². The van der Waals surface area contributed by atoms with Gasteiger partial charge in [0.25, 0.3) is 0 Å². The predicted molar refractivity (Wildman–Crippen MR) is 71.7 cm³/mol. The monoisotopic (exact) mass is 263 g/mol. The third-order valence-electron chi connectivity index (χ3n) is 2.93. The van der Waals surface area contributed by atoms with Crippen LogP contribution in [-0.2, 0) is 13.6 Å². The summed E-state index contributed by atoms with van der Waals surface area (Å²) in [5.41, 5.74) is 4.65. The van der Waals surface area contributed by atoms with Crippen molar-refractivity contribution >= 4 is 11.6 Å². The van der Waals surface area contributed by atoms with Crippen LogP contribution in [0.5, 0.6) is 5.75 Å². The molecule has 0 saturated carbocycles. The van der Waals surface area contributed by atoms with E-state index < -0.39 is 0 Å². The maximum atomic E-state index is 5.37. The number of nitrogens with zero attached hydrogens (tertiary/aromatic N) is 4. The standard InChI is InChI=1S/C11H17N7O/c1-7-8(5-16-18(7)2)4-13-10-9(19-3)11(17-12)15-6-14-10/h5-6H,4,12H2,1-3H3,(H2,13,14,15,17). The number of nitrogens with one attached hydrogen (secondary N) is 2. The normalized spacial score (nSPS) is 10.3. The Morgan fingerprint density at radius 1 is 1.37 bits per heavy atom. The Labute approximate surface area is 111 Å². The molecule has 19 heavy (non-hydrogen) atoms. The number of hydrogen-bond acceptors (Lipinski definition) is 7. The van der Waals surface area contributed by atoms with Crippen LogP contribution in [-0.4, -0.2) is 26.9 Å². The lowest BCUT2D eigenvalue weighted by Gasteiger charge is -2.12. The van der Waals surface area contributed by atoms with Gasteiger partial charge in [0.15, 0.2) is 11.6 Å². The molecule has 0 bridgehead atoms. The van der Waals surface area contributed by atoms with E-state index in [4.69, 9.17) is 10.6 Å². The van der Waals surface area contributed by atoms with Crippen molar-refractivity contribution in [2.45, 2.75) is 13.5 Å². The van der Waals surface area contributed by atoms with Crippen LogP contribution in [0.1, 0.15) is 11.3 Å². The van der Waals surface area contributed by atoms with Crippen LogP contribution in [0.15, 0.2) is 12.5 Å². The van der Waals surface area contributed by atoms with Gasteiger partial charge < -0.3 is 15.5 Å². The number of nitrogens with two attached hydrogens (primary N) is 1. The molecule has 0 aliphatic rings. The molecule has 0 saturated heterocycles. The minimum absolute atomic E-state index is 0.433. The summed E-state index contributed by atoms with van der Waals surface area (Å²) < 4.78 is 7.06. The lowest BCUT2D eigenvalue weighted by molar-refractivity contribution is 0.414. The molecule has 102 valence electrons. The van der Waals surface area contributed by atoms with Crippen molar-refractivity contribution in [2.24, 2.45) is 12.9 Å². The van der Waals surface area contributed by atoms with E-state index in [1.807, 2.05) is 24.9 Å². The molecule has 2 rings (SSSR count).